The van der Waals surface area contributed by atoms with Crippen LogP contribution in [0.2, 0.25) is 10.1 Å². The van der Waals surface area contributed by atoms with Crippen molar-refractivity contribution in [3.63, 3.8) is 0 Å². The van der Waals surface area contributed by atoms with Gasteiger partial charge < -0.3 is 28.9 Å². The van der Waals surface area contributed by atoms with E-state index in [4.69, 9.17) is 13.6 Å². The molecule has 8 heteroatoms. The Balaban J connectivity index is 1.74. The zero-order valence-corrected chi connectivity index (χ0v) is 29.7. The molecular weight excluding hydrogens is 609 g/mol. The second-order valence-corrected chi connectivity index (χ2v) is 22.7. The summed E-state index contributed by atoms with van der Waals surface area (Å²) in [4.78, 5) is 0. The Labute approximate surface area is 275 Å². The van der Waals surface area contributed by atoms with Crippen molar-refractivity contribution in [1.82, 2.24) is 0 Å². The van der Waals surface area contributed by atoms with Crippen LogP contribution in [0.15, 0.2) is 121 Å². The van der Waals surface area contributed by atoms with Gasteiger partial charge in [-0.25, -0.2) is 0 Å². The largest absolute Gasteiger partial charge is 0.397 e. The van der Waals surface area contributed by atoms with Gasteiger partial charge in [0, 0.05) is 0 Å². The average Bonchev–Trinajstić information content (AvgIpc) is 3.05. The van der Waals surface area contributed by atoms with Gasteiger partial charge >= 0.3 is 0 Å². The predicted molar refractivity (Wildman–Crippen MR) is 189 cm³/mol. The van der Waals surface area contributed by atoms with Crippen molar-refractivity contribution in [3.05, 3.63) is 121 Å². The minimum atomic E-state index is -3.24. The fourth-order valence-corrected chi connectivity index (χ4v) is 16.3. The zero-order chi connectivity index (χ0) is 33.2. The Bertz CT molecular complexity index is 1440. The number of aliphatic hydroxyl groups is 3. The van der Waals surface area contributed by atoms with E-state index in [-0.39, 0.29) is 0 Å². The van der Waals surface area contributed by atoms with E-state index in [9.17, 15) is 15.3 Å². The third kappa shape index (κ3) is 6.21. The van der Waals surface area contributed by atoms with Crippen LogP contribution in [-0.4, -0.2) is 69.3 Å². The molecule has 1 saturated heterocycles. The molecule has 5 rings (SSSR count). The zero-order valence-electron chi connectivity index (χ0n) is 27.7. The van der Waals surface area contributed by atoms with Gasteiger partial charge in [0.25, 0.3) is 16.6 Å². The third-order valence-electron chi connectivity index (χ3n) is 9.26. The van der Waals surface area contributed by atoms with Crippen molar-refractivity contribution in [1.29, 1.82) is 0 Å². The number of benzene rings is 4. The minimum absolute atomic E-state index is 0.392. The predicted octanol–water partition coefficient (Wildman–Crippen LogP) is 3.95. The van der Waals surface area contributed by atoms with Crippen LogP contribution >= 0.6 is 0 Å². The van der Waals surface area contributed by atoms with E-state index in [1.807, 2.05) is 72.8 Å². The number of hydrogen-bond acceptors (Lipinski definition) is 6. The van der Waals surface area contributed by atoms with Crippen LogP contribution in [-0.2, 0) is 13.6 Å². The Hall–Kier alpha value is -2.93. The normalized spacial score (nSPS) is 22.8. The SMILES string of the molecule is CC(C)(C)[Si](O[C@@H]1O[C@H](CO)[C@@H](O)[C@H](O)[C@H]1O[Si](c1ccccc1)(c1ccccc1)C(C)(C)C)(c1ccccc1)c1ccccc1. The molecule has 1 fully saturated rings. The highest BCUT2D eigenvalue weighted by Crippen LogP contribution is 2.43. The van der Waals surface area contributed by atoms with Crippen molar-refractivity contribution in [2.24, 2.45) is 0 Å². The summed E-state index contributed by atoms with van der Waals surface area (Å²) in [6.45, 7) is 12.5. The fraction of sp³-hybridized carbons (Fsp3) is 0.368. The van der Waals surface area contributed by atoms with Crippen LogP contribution in [0.3, 0.4) is 0 Å². The molecule has 0 saturated carbocycles. The summed E-state index contributed by atoms with van der Waals surface area (Å²) in [5.74, 6) is 0. The van der Waals surface area contributed by atoms with Gasteiger partial charge in [-0.2, -0.15) is 0 Å². The summed E-state index contributed by atoms with van der Waals surface area (Å²) in [6, 6.07) is 40.8. The second-order valence-electron chi connectivity index (χ2n) is 14.2. The molecule has 4 aromatic rings. The van der Waals surface area contributed by atoms with E-state index in [1.165, 1.54) is 0 Å². The highest BCUT2D eigenvalue weighted by molar-refractivity contribution is 7.00. The van der Waals surface area contributed by atoms with E-state index < -0.39 is 64.0 Å². The van der Waals surface area contributed by atoms with Crippen molar-refractivity contribution >= 4 is 37.4 Å². The molecule has 0 aliphatic carbocycles. The van der Waals surface area contributed by atoms with Gasteiger partial charge in [-0.1, -0.05) is 163 Å². The van der Waals surface area contributed by atoms with Crippen LogP contribution in [0.25, 0.3) is 0 Å². The Kier molecular flexibility index (Phi) is 10.2. The highest BCUT2D eigenvalue weighted by atomic mass is 28.4. The van der Waals surface area contributed by atoms with E-state index in [0.717, 1.165) is 20.7 Å². The van der Waals surface area contributed by atoms with Crippen LogP contribution < -0.4 is 20.7 Å². The Morgan fingerprint density at radius 2 is 0.870 bits per heavy atom. The van der Waals surface area contributed by atoms with Crippen molar-refractivity contribution < 1.29 is 28.9 Å². The maximum Gasteiger partial charge on any atom is 0.264 e. The van der Waals surface area contributed by atoms with E-state index >= 15 is 0 Å². The monoisotopic (exact) mass is 656 g/mol. The van der Waals surface area contributed by atoms with Crippen LogP contribution in [0.5, 0.6) is 0 Å². The molecule has 0 spiro atoms. The quantitative estimate of drug-likeness (QED) is 0.237. The molecule has 0 unspecified atom stereocenters. The van der Waals surface area contributed by atoms with Crippen LogP contribution in [0, 0.1) is 0 Å². The first-order valence-electron chi connectivity index (χ1n) is 16.1. The van der Waals surface area contributed by atoms with Crippen molar-refractivity contribution in [2.75, 3.05) is 6.61 Å². The third-order valence-corrected chi connectivity index (χ3v) is 19.3. The lowest BCUT2D eigenvalue weighted by Crippen LogP contribution is -2.74. The summed E-state index contributed by atoms with van der Waals surface area (Å²) in [7, 11) is -6.46. The van der Waals surface area contributed by atoms with E-state index in [2.05, 4.69) is 90.1 Å². The lowest BCUT2D eigenvalue weighted by atomic mass is 9.99. The van der Waals surface area contributed by atoms with Gasteiger partial charge in [0.05, 0.1) is 6.61 Å². The van der Waals surface area contributed by atoms with Gasteiger partial charge in [0.1, 0.15) is 24.4 Å². The molecule has 6 nitrogen and oxygen atoms in total. The highest BCUT2D eigenvalue weighted by Gasteiger charge is 2.59. The van der Waals surface area contributed by atoms with Crippen molar-refractivity contribution in [3.8, 4) is 0 Å². The second kappa shape index (κ2) is 13.7. The molecular formula is C38H48O6Si2. The number of rotatable bonds is 9. The molecule has 0 bridgehead atoms. The van der Waals surface area contributed by atoms with Gasteiger partial charge in [0.15, 0.2) is 6.29 Å². The van der Waals surface area contributed by atoms with Gasteiger partial charge in [-0.3, -0.25) is 0 Å². The molecule has 1 aliphatic heterocycles. The maximum absolute atomic E-state index is 12.0. The standard InChI is InChI=1S/C38H48O6Si2/c1-37(2,3)45(28-19-11-7-12-20-28,29-21-13-8-14-22-29)43-35-34(41)33(40)32(27-39)42-36(35)44-46(38(4,5)6,30-23-15-9-16-24-30)31-25-17-10-18-26-31/h7-26,32-36,39-41H,27H2,1-6H3/t32-,33-,34+,35-,36+/m1/s1. The Morgan fingerprint density at radius 1 is 0.543 bits per heavy atom. The summed E-state index contributed by atoms with van der Waals surface area (Å²) in [6.07, 6.45) is -6.02. The summed E-state index contributed by atoms with van der Waals surface area (Å²) >= 11 is 0. The van der Waals surface area contributed by atoms with E-state index in [1.54, 1.807) is 0 Å². The van der Waals surface area contributed by atoms with Gasteiger partial charge in [-0.05, 0) is 30.8 Å². The van der Waals surface area contributed by atoms with Crippen LogP contribution in [0.1, 0.15) is 41.5 Å². The number of aliphatic hydroxyl groups excluding tert-OH is 3. The first kappa shape index (κ1) is 34.4. The molecule has 5 atom stereocenters. The molecule has 1 heterocycles. The van der Waals surface area contributed by atoms with Crippen molar-refractivity contribution in [2.45, 2.75) is 82.3 Å². The van der Waals surface area contributed by atoms with Crippen LogP contribution in [0.4, 0.5) is 0 Å². The maximum atomic E-state index is 12.0. The first-order chi connectivity index (χ1) is 21.9. The minimum Gasteiger partial charge on any atom is -0.397 e. The fourth-order valence-electron chi connectivity index (χ4n) is 7.04. The molecule has 0 aromatic heterocycles. The molecule has 1 aliphatic rings. The lowest BCUT2D eigenvalue weighted by molar-refractivity contribution is -0.276. The molecule has 244 valence electrons. The van der Waals surface area contributed by atoms with Gasteiger partial charge in [0.2, 0.25) is 0 Å². The Morgan fingerprint density at radius 3 is 1.17 bits per heavy atom. The summed E-state index contributed by atoms with van der Waals surface area (Å²) in [5, 5.41) is 37.0. The number of ether oxygens (including phenoxy) is 1. The molecule has 4 aromatic carbocycles. The van der Waals surface area contributed by atoms with Gasteiger partial charge in [-0.15, -0.1) is 0 Å². The molecule has 0 radical (unpaired) electrons. The number of hydrogen-bond donors (Lipinski definition) is 3. The summed E-state index contributed by atoms with van der Waals surface area (Å²) in [5.41, 5.74) is 0. The average molecular weight is 657 g/mol. The molecule has 46 heavy (non-hydrogen) atoms. The molecule has 3 N–H and O–H groups in total. The first-order valence-corrected chi connectivity index (χ1v) is 19.9. The lowest BCUT2D eigenvalue weighted by Gasteiger charge is -2.53. The van der Waals surface area contributed by atoms with E-state index in [0.29, 0.717) is 0 Å². The molecule has 0 amide bonds. The topological polar surface area (TPSA) is 88.4 Å². The smallest absolute Gasteiger partial charge is 0.264 e. The summed E-state index contributed by atoms with van der Waals surface area (Å²) < 4.78 is 21.4.